The van der Waals surface area contributed by atoms with Gasteiger partial charge in [-0.15, -0.1) is 0 Å². The number of rotatable bonds is 5. The Labute approximate surface area is 185 Å². The summed E-state index contributed by atoms with van der Waals surface area (Å²) >= 11 is 0. The molecule has 0 N–H and O–H groups in total. The van der Waals surface area contributed by atoms with Crippen molar-refractivity contribution in [1.29, 1.82) is 0 Å². The quantitative estimate of drug-likeness (QED) is 0.346. The van der Waals surface area contributed by atoms with Crippen LogP contribution in [0.3, 0.4) is 0 Å². The Morgan fingerprint density at radius 1 is 0.818 bits per heavy atom. The minimum absolute atomic E-state index is 0.0475. The van der Waals surface area contributed by atoms with Crippen LogP contribution in [0.2, 0.25) is 0 Å². The zero-order chi connectivity index (χ0) is 23.8. The molecule has 172 valence electrons. The summed E-state index contributed by atoms with van der Waals surface area (Å²) in [5.41, 5.74) is 1.38. The molecule has 4 rings (SSSR count). The minimum Gasteiger partial charge on any atom is -0.493 e. The molecular weight excluding hydrogens is 448 g/mol. The fourth-order valence-corrected chi connectivity index (χ4v) is 3.17. The highest BCUT2D eigenvalue weighted by Gasteiger charge is 2.66. The van der Waals surface area contributed by atoms with Gasteiger partial charge in [0.2, 0.25) is 0 Å². The number of ether oxygens (including phenoxy) is 5. The fourth-order valence-electron chi connectivity index (χ4n) is 3.17. The molecule has 0 aliphatic carbocycles. The van der Waals surface area contributed by atoms with Crippen molar-refractivity contribution in [3.8, 4) is 39.9 Å². The van der Waals surface area contributed by atoms with Crippen molar-refractivity contribution in [1.82, 2.24) is 0 Å². The van der Waals surface area contributed by atoms with Crippen LogP contribution in [0.15, 0.2) is 60.7 Å². The molecule has 33 heavy (non-hydrogen) atoms. The van der Waals surface area contributed by atoms with Gasteiger partial charge in [-0.25, -0.2) is 4.79 Å². The van der Waals surface area contributed by atoms with Gasteiger partial charge < -0.3 is 23.7 Å². The average Bonchev–Trinajstić information content (AvgIpc) is 2.79. The molecule has 0 amide bonds. The van der Waals surface area contributed by atoms with Gasteiger partial charge in [0, 0.05) is 11.6 Å². The first-order chi connectivity index (χ1) is 15.6. The van der Waals surface area contributed by atoms with Crippen LogP contribution in [-0.2, 0) is 4.74 Å². The maximum Gasteiger partial charge on any atom is 0.507 e. The van der Waals surface area contributed by atoms with Gasteiger partial charge in [0.25, 0.3) is 0 Å². The van der Waals surface area contributed by atoms with Gasteiger partial charge >= 0.3 is 18.2 Å². The second kappa shape index (κ2) is 8.19. The van der Waals surface area contributed by atoms with Gasteiger partial charge in [0.15, 0.2) is 23.0 Å². The van der Waals surface area contributed by atoms with Crippen molar-refractivity contribution in [3.05, 3.63) is 66.2 Å². The Kier molecular flexibility index (Phi) is 5.52. The number of esters is 1. The molecule has 0 bridgehead atoms. The highest BCUT2D eigenvalue weighted by Crippen LogP contribution is 2.48. The first-order valence-corrected chi connectivity index (χ1v) is 9.46. The van der Waals surface area contributed by atoms with Gasteiger partial charge in [-0.1, -0.05) is 30.3 Å². The number of hydrogen-bond acceptors (Lipinski definition) is 6. The maximum atomic E-state index is 13.5. The van der Waals surface area contributed by atoms with Crippen LogP contribution in [0.25, 0.3) is 11.1 Å². The summed E-state index contributed by atoms with van der Waals surface area (Å²) in [5.74, 6) is -1.67. The molecule has 0 radical (unpaired) electrons. The van der Waals surface area contributed by atoms with Crippen LogP contribution in [0.5, 0.6) is 28.7 Å². The van der Waals surface area contributed by atoms with E-state index < -0.39 is 29.7 Å². The Morgan fingerprint density at radius 3 is 2.12 bits per heavy atom. The number of methoxy groups -OCH3 is 2. The third kappa shape index (κ3) is 4.11. The molecule has 0 aromatic heterocycles. The summed E-state index contributed by atoms with van der Waals surface area (Å²) in [5, 5.41) is 0. The first kappa shape index (κ1) is 22.3. The van der Waals surface area contributed by atoms with E-state index in [1.54, 1.807) is 30.3 Å². The molecule has 1 aliphatic heterocycles. The second-order valence-corrected chi connectivity index (χ2v) is 6.85. The SMILES string of the molecule is COC(=O)c1cc(Oc2ccc3c(c2)OC(F)(F)C(F)(F)O3)c(OC)cc1-c1ccccc1. The molecule has 3 aromatic carbocycles. The number of fused-ring (bicyclic) bond motifs is 1. The molecule has 0 unspecified atom stereocenters. The summed E-state index contributed by atoms with van der Waals surface area (Å²) in [4.78, 5) is 12.4. The zero-order valence-electron chi connectivity index (χ0n) is 17.2. The lowest BCUT2D eigenvalue weighted by atomic mass is 9.99. The van der Waals surface area contributed by atoms with Crippen LogP contribution in [-0.4, -0.2) is 32.4 Å². The average molecular weight is 464 g/mol. The molecule has 3 aromatic rings. The van der Waals surface area contributed by atoms with Crippen molar-refractivity contribution < 1.29 is 46.0 Å². The van der Waals surface area contributed by atoms with E-state index in [1.807, 2.05) is 6.07 Å². The van der Waals surface area contributed by atoms with Crippen LogP contribution in [0.1, 0.15) is 10.4 Å². The Hall–Kier alpha value is -3.95. The van der Waals surface area contributed by atoms with Crippen LogP contribution < -0.4 is 18.9 Å². The number of carbonyl (C=O) groups excluding carboxylic acids is 1. The van der Waals surface area contributed by atoms with Crippen LogP contribution in [0.4, 0.5) is 17.6 Å². The predicted octanol–water partition coefficient (Wildman–Crippen LogP) is 5.90. The highest BCUT2D eigenvalue weighted by atomic mass is 19.3. The van der Waals surface area contributed by atoms with E-state index >= 15 is 0 Å². The smallest absolute Gasteiger partial charge is 0.493 e. The van der Waals surface area contributed by atoms with E-state index in [-0.39, 0.29) is 22.8 Å². The zero-order valence-corrected chi connectivity index (χ0v) is 17.2. The van der Waals surface area contributed by atoms with E-state index in [4.69, 9.17) is 14.2 Å². The number of benzene rings is 3. The molecule has 0 atom stereocenters. The van der Waals surface area contributed by atoms with Gasteiger partial charge in [0.05, 0.1) is 19.8 Å². The summed E-state index contributed by atoms with van der Waals surface area (Å²) in [7, 11) is 2.60. The summed E-state index contributed by atoms with van der Waals surface area (Å²) < 4.78 is 77.9. The van der Waals surface area contributed by atoms with E-state index in [2.05, 4.69) is 9.47 Å². The van der Waals surface area contributed by atoms with Crippen molar-refractivity contribution in [3.63, 3.8) is 0 Å². The van der Waals surface area contributed by atoms with Gasteiger partial charge in [0.1, 0.15) is 5.75 Å². The molecule has 6 nitrogen and oxygen atoms in total. The van der Waals surface area contributed by atoms with E-state index in [0.29, 0.717) is 11.1 Å². The van der Waals surface area contributed by atoms with E-state index in [1.165, 1.54) is 26.4 Å². The lowest BCUT2D eigenvalue weighted by Gasteiger charge is -2.31. The second-order valence-electron chi connectivity index (χ2n) is 6.85. The fraction of sp³-hybridized carbons (Fsp3) is 0.174. The molecule has 0 spiro atoms. The third-order valence-corrected chi connectivity index (χ3v) is 4.75. The molecular formula is C23H16F4O6. The van der Waals surface area contributed by atoms with Crippen molar-refractivity contribution in [2.45, 2.75) is 12.2 Å². The van der Waals surface area contributed by atoms with Crippen molar-refractivity contribution >= 4 is 5.97 Å². The lowest BCUT2D eigenvalue weighted by molar-refractivity contribution is -0.391. The Balaban J connectivity index is 1.74. The summed E-state index contributed by atoms with van der Waals surface area (Å²) in [6.45, 7) is 0. The molecule has 0 fully saturated rings. The normalized spacial score (nSPS) is 15.5. The molecule has 1 aliphatic rings. The Morgan fingerprint density at radius 2 is 1.48 bits per heavy atom. The van der Waals surface area contributed by atoms with Gasteiger partial charge in [-0.3, -0.25) is 0 Å². The molecule has 10 heteroatoms. The van der Waals surface area contributed by atoms with Crippen LogP contribution in [0, 0.1) is 0 Å². The predicted molar refractivity (Wildman–Crippen MR) is 107 cm³/mol. The van der Waals surface area contributed by atoms with Crippen LogP contribution >= 0.6 is 0 Å². The van der Waals surface area contributed by atoms with Crippen molar-refractivity contribution in [2.75, 3.05) is 14.2 Å². The van der Waals surface area contributed by atoms with Crippen molar-refractivity contribution in [2.24, 2.45) is 0 Å². The maximum absolute atomic E-state index is 13.5. The van der Waals surface area contributed by atoms with E-state index in [0.717, 1.165) is 12.1 Å². The number of alkyl halides is 4. The Bertz CT molecular complexity index is 1200. The lowest BCUT2D eigenvalue weighted by Crippen LogP contribution is -2.52. The first-order valence-electron chi connectivity index (χ1n) is 9.46. The minimum atomic E-state index is -4.87. The van der Waals surface area contributed by atoms with Gasteiger partial charge in [-0.05, 0) is 29.8 Å². The largest absolute Gasteiger partial charge is 0.507 e. The summed E-state index contributed by atoms with van der Waals surface area (Å²) in [6, 6.07) is 15.1. The third-order valence-electron chi connectivity index (χ3n) is 4.75. The number of hydrogen-bond donors (Lipinski definition) is 0. The standard InChI is InChI=1S/C23H16F4O6/c1-29-18-11-15(13-6-4-3-5-7-13)16(21(28)30-2)12-19(18)31-14-8-9-17-20(10-14)33-23(26,27)22(24,25)32-17/h3-12H,1-2H3. The molecule has 0 saturated carbocycles. The number of halogens is 4. The monoisotopic (exact) mass is 464 g/mol. The highest BCUT2D eigenvalue weighted by molar-refractivity contribution is 5.98. The topological polar surface area (TPSA) is 63.2 Å². The molecule has 1 heterocycles. The summed E-state index contributed by atoms with van der Waals surface area (Å²) in [6.07, 6.45) is -9.69. The van der Waals surface area contributed by atoms with E-state index in [9.17, 15) is 22.4 Å². The number of carbonyl (C=O) groups is 1. The van der Waals surface area contributed by atoms with Gasteiger partial charge in [-0.2, -0.15) is 17.6 Å². The molecule has 0 saturated heterocycles.